The van der Waals surface area contributed by atoms with E-state index >= 15 is 0 Å². The van der Waals surface area contributed by atoms with Gasteiger partial charge in [0.05, 0.1) is 5.75 Å². The molecule has 1 amide bonds. The van der Waals surface area contributed by atoms with Crippen LogP contribution in [0.2, 0.25) is 0 Å². The highest BCUT2D eigenvalue weighted by atomic mass is 32.2. The van der Waals surface area contributed by atoms with E-state index in [4.69, 9.17) is 9.47 Å². The van der Waals surface area contributed by atoms with Crippen LogP contribution in [0.1, 0.15) is 26.3 Å². The Morgan fingerprint density at radius 1 is 1.24 bits per heavy atom. The van der Waals surface area contributed by atoms with Crippen LogP contribution in [0.5, 0.6) is 0 Å². The minimum atomic E-state index is -3.49. The zero-order valence-electron chi connectivity index (χ0n) is 14.8. The minimum Gasteiger partial charge on any atom is -0.444 e. The van der Waals surface area contributed by atoms with E-state index in [1.807, 2.05) is 18.2 Å². The summed E-state index contributed by atoms with van der Waals surface area (Å²) >= 11 is 0. The monoisotopic (exact) mass is 369 g/mol. The highest BCUT2D eigenvalue weighted by molar-refractivity contribution is 7.90. The maximum atomic E-state index is 12.6. The van der Waals surface area contributed by atoms with Crippen molar-refractivity contribution in [2.45, 2.75) is 39.6 Å². The van der Waals surface area contributed by atoms with Crippen LogP contribution in [0.3, 0.4) is 0 Å². The van der Waals surface area contributed by atoms with E-state index in [2.05, 4.69) is 0 Å². The molecule has 1 aliphatic heterocycles. The molecule has 138 valence electrons. The van der Waals surface area contributed by atoms with Gasteiger partial charge in [-0.2, -0.15) is 0 Å². The Labute approximate surface area is 147 Å². The van der Waals surface area contributed by atoms with Crippen molar-refractivity contribution in [2.75, 3.05) is 12.0 Å². The SMILES string of the molecule is CC(C)(C)[C@@H]1OC(=O)[C@H](CS(C)(=O)=O)N1C(=O)OCc1ccccc1. The molecule has 1 aliphatic rings. The quantitative estimate of drug-likeness (QED) is 0.754. The van der Waals surface area contributed by atoms with Crippen molar-refractivity contribution < 1.29 is 27.5 Å². The zero-order chi connectivity index (χ0) is 18.8. The molecule has 1 aromatic carbocycles. The highest BCUT2D eigenvalue weighted by Crippen LogP contribution is 2.33. The Morgan fingerprint density at radius 3 is 2.36 bits per heavy atom. The second kappa shape index (κ2) is 7.03. The standard InChI is InChI=1S/C17H23NO6S/c1-17(2,3)15-18(13(14(19)24-15)11-25(4,21)22)16(20)23-10-12-8-6-5-7-9-12/h5-9,13,15H,10-11H2,1-4H3/t13-,15-/m0/s1. The summed E-state index contributed by atoms with van der Waals surface area (Å²) in [5, 5.41) is 0. The summed E-state index contributed by atoms with van der Waals surface area (Å²) in [5.41, 5.74) is 0.197. The first kappa shape index (κ1) is 19.2. The van der Waals surface area contributed by atoms with Gasteiger partial charge in [-0.1, -0.05) is 51.1 Å². The molecule has 0 saturated carbocycles. The van der Waals surface area contributed by atoms with Crippen LogP contribution in [-0.4, -0.2) is 49.7 Å². The van der Waals surface area contributed by atoms with Gasteiger partial charge in [0.15, 0.2) is 12.3 Å². The summed E-state index contributed by atoms with van der Waals surface area (Å²) in [4.78, 5) is 25.9. The molecule has 0 aromatic heterocycles. The topological polar surface area (TPSA) is 90.0 Å². The van der Waals surface area contributed by atoms with Crippen LogP contribution in [-0.2, 0) is 30.7 Å². The number of hydrogen-bond donors (Lipinski definition) is 0. The number of rotatable bonds is 4. The number of carbonyl (C=O) groups is 2. The number of nitrogens with zero attached hydrogens (tertiary/aromatic N) is 1. The molecule has 0 unspecified atom stereocenters. The first-order chi connectivity index (χ1) is 11.5. The maximum absolute atomic E-state index is 12.6. The molecule has 1 aromatic rings. The minimum absolute atomic E-state index is 0.0207. The van der Waals surface area contributed by atoms with Crippen molar-refractivity contribution >= 4 is 21.9 Å². The summed E-state index contributed by atoms with van der Waals surface area (Å²) in [6.07, 6.45) is -0.656. The van der Waals surface area contributed by atoms with Crippen molar-refractivity contribution in [2.24, 2.45) is 5.41 Å². The lowest BCUT2D eigenvalue weighted by molar-refractivity contribution is -0.147. The molecule has 0 aliphatic carbocycles. The number of ether oxygens (including phenoxy) is 2. The van der Waals surface area contributed by atoms with E-state index in [1.165, 1.54) is 0 Å². The van der Waals surface area contributed by atoms with Crippen molar-refractivity contribution in [3.63, 3.8) is 0 Å². The smallest absolute Gasteiger partial charge is 0.413 e. The molecule has 8 heteroatoms. The van der Waals surface area contributed by atoms with Crippen LogP contribution >= 0.6 is 0 Å². The Balaban J connectivity index is 2.22. The normalized spacial score (nSPS) is 21.1. The fraction of sp³-hybridized carbons (Fsp3) is 0.529. The molecule has 0 bridgehead atoms. The molecule has 2 rings (SSSR count). The highest BCUT2D eigenvalue weighted by Gasteiger charge is 2.51. The predicted molar refractivity (Wildman–Crippen MR) is 91.3 cm³/mol. The number of benzene rings is 1. The van der Waals surface area contributed by atoms with Crippen LogP contribution in [0.15, 0.2) is 30.3 Å². The Kier molecular flexibility index (Phi) is 5.41. The lowest BCUT2D eigenvalue weighted by Crippen LogP contribution is -2.50. The molecular weight excluding hydrogens is 346 g/mol. The van der Waals surface area contributed by atoms with Gasteiger partial charge in [-0.3, -0.25) is 4.90 Å². The summed E-state index contributed by atoms with van der Waals surface area (Å²) in [6.45, 7) is 5.41. The molecule has 1 saturated heterocycles. The number of sulfone groups is 1. The van der Waals surface area contributed by atoms with Gasteiger partial charge in [0.25, 0.3) is 0 Å². The van der Waals surface area contributed by atoms with E-state index in [-0.39, 0.29) is 6.61 Å². The fourth-order valence-electron chi connectivity index (χ4n) is 2.57. The third-order valence-electron chi connectivity index (χ3n) is 3.71. The average molecular weight is 369 g/mol. The lowest BCUT2D eigenvalue weighted by atomic mass is 9.93. The molecule has 2 atom stereocenters. The van der Waals surface area contributed by atoms with Crippen LogP contribution in [0.25, 0.3) is 0 Å². The van der Waals surface area contributed by atoms with Gasteiger partial charge < -0.3 is 9.47 Å². The first-order valence-electron chi connectivity index (χ1n) is 7.86. The molecule has 0 N–H and O–H groups in total. The summed E-state index contributed by atoms with van der Waals surface area (Å²) in [7, 11) is -3.49. The second-order valence-corrected chi connectivity index (χ2v) is 9.40. The van der Waals surface area contributed by atoms with E-state index in [9.17, 15) is 18.0 Å². The summed E-state index contributed by atoms with van der Waals surface area (Å²) in [6, 6.07) is 7.87. The molecular formula is C17H23NO6S. The summed E-state index contributed by atoms with van der Waals surface area (Å²) < 4.78 is 33.9. The maximum Gasteiger partial charge on any atom is 0.413 e. The van der Waals surface area contributed by atoms with Crippen LogP contribution < -0.4 is 0 Å². The van der Waals surface area contributed by atoms with Gasteiger partial charge in [-0.15, -0.1) is 0 Å². The predicted octanol–water partition coefficient (Wildman–Crippen LogP) is 1.97. The van der Waals surface area contributed by atoms with Gasteiger partial charge in [-0.05, 0) is 5.56 Å². The largest absolute Gasteiger partial charge is 0.444 e. The van der Waals surface area contributed by atoms with Crippen LogP contribution in [0, 0.1) is 5.41 Å². The van der Waals surface area contributed by atoms with E-state index < -0.39 is 45.3 Å². The molecule has 7 nitrogen and oxygen atoms in total. The summed E-state index contributed by atoms with van der Waals surface area (Å²) in [5.74, 6) is -1.24. The van der Waals surface area contributed by atoms with Gasteiger partial charge in [0, 0.05) is 11.7 Å². The van der Waals surface area contributed by atoms with Crippen molar-refractivity contribution in [3.8, 4) is 0 Å². The number of hydrogen-bond acceptors (Lipinski definition) is 6. The fourth-order valence-corrected chi connectivity index (χ4v) is 3.44. The van der Waals surface area contributed by atoms with Crippen molar-refractivity contribution in [3.05, 3.63) is 35.9 Å². The Bertz CT molecular complexity index is 738. The molecule has 0 radical (unpaired) electrons. The Morgan fingerprint density at radius 2 is 1.84 bits per heavy atom. The molecule has 0 spiro atoms. The van der Waals surface area contributed by atoms with E-state index in [1.54, 1.807) is 32.9 Å². The lowest BCUT2D eigenvalue weighted by Gasteiger charge is -2.33. The van der Waals surface area contributed by atoms with Crippen molar-refractivity contribution in [1.29, 1.82) is 0 Å². The third kappa shape index (κ3) is 4.94. The number of carbonyl (C=O) groups excluding carboxylic acids is 2. The molecule has 25 heavy (non-hydrogen) atoms. The number of esters is 1. The molecule has 1 heterocycles. The van der Waals surface area contributed by atoms with Gasteiger partial charge in [-0.25, -0.2) is 18.0 Å². The van der Waals surface area contributed by atoms with Gasteiger partial charge in [0.1, 0.15) is 16.4 Å². The van der Waals surface area contributed by atoms with Gasteiger partial charge >= 0.3 is 12.1 Å². The van der Waals surface area contributed by atoms with Crippen LogP contribution in [0.4, 0.5) is 4.79 Å². The van der Waals surface area contributed by atoms with Gasteiger partial charge in [0.2, 0.25) is 0 Å². The Hall–Kier alpha value is -2.09. The van der Waals surface area contributed by atoms with E-state index in [0.29, 0.717) is 0 Å². The van der Waals surface area contributed by atoms with E-state index in [0.717, 1.165) is 16.7 Å². The second-order valence-electron chi connectivity index (χ2n) is 7.21. The zero-order valence-corrected chi connectivity index (χ0v) is 15.6. The molecule has 1 fully saturated rings. The third-order valence-corrected chi connectivity index (χ3v) is 4.63. The average Bonchev–Trinajstić information content (AvgIpc) is 2.81. The number of cyclic esters (lactones) is 1. The number of amides is 1. The first-order valence-corrected chi connectivity index (χ1v) is 9.92. The van der Waals surface area contributed by atoms with Crippen molar-refractivity contribution in [1.82, 2.24) is 4.90 Å².